The van der Waals surface area contributed by atoms with E-state index in [-0.39, 0.29) is 0 Å². The fourth-order valence-corrected chi connectivity index (χ4v) is 3.60. The van der Waals surface area contributed by atoms with Crippen LogP contribution in [0.1, 0.15) is 25.2 Å². The molecule has 0 spiro atoms. The number of hydrogen-bond donors (Lipinski definition) is 1. The second kappa shape index (κ2) is 7.15. The quantitative estimate of drug-likeness (QED) is 0.851. The van der Waals surface area contributed by atoms with Crippen LogP contribution in [0.4, 0.5) is 0 Å². The third-order valence-corrected chi connectivity index (χ3v) is 4.85. The van der Waals surface area contributed by atoms with Gasteiger partial charge in [-0.1, -0.05) is 11.2 Å². The number of likely N-dealkylation sites (tertiary alicyclic amines) is 1. The summed E-state index contributed by atoms with van der Waals surface area (Å²) in [5.41, 5.74) is 0. The molecule has 1 unspecified atom stereocenters. The molecule has 0 bridgehead atoms. The van der Waals surface area contributed by atoms with Crippen molar-refractivity contribution in [1.82, 2.24) is 20.4 Å². The van der Waals surface area contributed by atoms with E-state index in [0.717, 1.165) is 36.7 Å². The Morgan fingerprint density at radius 1 is 1.52 bits per heavy atom. The second-order valence-electron chi connectivity index (χ2n) is 5.48. The summed E-state index contributed by atoms with van der Waals surface area (Å²) in [5, 5.41) is 9.37. The van der Waals surface area contributed by atoms with Gasteiger partial charge in [-0.25, -0.2) is 0 Å². The summed E-state index contributed by atoms with van der Waals surface area (Å²) in [4.78, 5) is 8.12. The minimum Gasteiger partial charge on any atom is -0.339 e. The number of rotatable bonds is 7. The Balaban J connectivity index is 1.47. The lowest BCUT2D eigenvalue weighted by Crippen LogP contribution is -2.37. The molecule has 6 heteroatoms. The van der Waals surface area contributed by atoms with Crippen molar-refractivity contribution in [3.63, 3.8) is 0 Å². The number of nitrogens with one attached hydrogen (secondary N) is 1. The molecule has 1 saturated heterocycles. The Hall–Kier alpha value is -1.24. The largest absolute Gasteiger partial charge is 0.339 e. The van der Waals surface area contributed by atoms with E-state index in [2.05, 4.69) is 20.4 Å². The molecule has 0 radical (unpaired) electrons. The molecule has 1 aliphatic heterocycles. The molecule has 5 nitrogen and oxygen atoms in total. The maximum absolute atomic E-state index is 5.34. The molecule has 1 N–H and O–H groups in total. The van der Waals surface area contributed by atoms with Gasteiger partial charge in [-0.3, -0.25) is 4.90 Å². The van der Waals surface area contributed by atoms with Gasteiger partial charge in [0.05, 0.1) is 4.88 Å². The zero-order chi connectivity index (χ0) is 14.5. The maximum atomic E-state index is 5.34. The van der Waals surface area contributed by atoms with Gasteiger partial charge in [-0.15, -0.1) is 11.3 Å². The molecule has 3 heterocycles. The molecule has 21 heavy (non-hydrogen) atoms. The van der Waals surface area contributed by atoms with Crippen molar-refractivity contribution in [2.24, 2.45) is 0 Å². The second-order valence-corrected chi connectivity index (χ2v) is 6.43. The number of likely N-dealkylation sites (N-methyl/N-ethyl adjacent to an activating group) is 1. The Kier molecular flexibility index (Phi) is 5.00. The fraction of sp³-hybridized carbons (Fsp3) is 0.600. The van der Waals surface area contributed by atoms with E-state index in [1.165, 1.54) is 19.4 Å². The van der Waals surface area contributed by atoms with Crippen LogP contribution >= 0.6 is 11.3 Å². The van der Waals surface area contributed by atoms with E-state index < -0.39 is 0 Å². The van der Waals surface area contributed by atoms with Crippen LogP contribution in [-0.2, 0) is 6.42 Å². The van der Waals surface area contributed by atoms with Crippen LogP contribution in [0.25, 0.3) is 10.7 Å². The van der Waals surface area contributed by atoms with Crippen molar-refractivity contribution in [2.45, 2.75) is 31.7 Å². The van der Waals surface area contributed by atoms with Crippen LogP contribution < -0.4 is 5.32 Å². The molecule has 1 atom stereocenters. The van der Waals surface area contributed by atoms with Gasteiger partial charge in [0.2, 0.25) is 11.7 Å². The van der Waals surface area contributed by atoms with Crippen molar-refractivity contribution in [1.29, 1.82) is 0 Å². The van der Waals surface area contributed by atoms with Gasteiger partial charge in [-0.05, 0) is 50.8 Å². The zero-order valence-electron chi connectivity index (χ0n) is 12.4. The van der Waals surface area contributed by atoms with Crippen LogP contribution in [0, 0.1) is 0 Å². The maximum Gasteiger partial charge on any atom is 0.227 e. The predicted octanol–water partition coefficient (Wildman–Crippen LogP) is 2.41. The van der Waals surface area contributed by atoms with E-state index in [9.17, 15) is 0 Å². The SMILES string of the molecule is CNCC1CCCN1CCCc1nc(-c2cccs2)no1. The monoisotopic (exact) mass is 306 g/mol. The van der Waals surface area contributed by atoms with Crippen LogP contribution in [-0.4, -0.2) is 47.8 Å². The molecule has 0 aliphatic carbocycles. The first-order chi connectivity index (χ1) is 10.4. The van der Waals surface area contributed by atoms with E-state index in [0.29, 0.717) is 11.9 Å². The van der Waals surface area contributed by atoms with Gasteiger partial charge in [-0.2, -0.15) is 4.98 Å². The highest BCUT2D eigenvalue weighted by Gasteiger charge is 2.23. The Morgan fingerprint density at radius 2 is 2.48 bits per heavy atom. The summed E-state index contributed by atoms with van der Waals surface area (Å²) in [6, 6.07) is 4.72. The normalized spacial score (nSPS) is 19.4. The molecule has 0 amide bonds. The molecular formula is C15H22N4OS. The lowest BCUT2D eigenvalue weighted by atomic mass is 10.2. The van der Waals surface area contributed by atoms with Crippen LogP contribution in [0.5, 0.6) is 0 Å². The van der Waals surface area contributed by atoms with Crippen molar-refractivity contribution < 1.29 is 4.52 Å². The average molecular weight is 306 g/mol. The van der Waals surface area contributed by atoms with Crippen LogP contribution in [0.15, 0.2) is 22.0 Å². The lowest BCUT2D eigenvalue weighted by Gasteiger charge is -2.23. The van der Waals surface area contributed by atoms with Crippen molar-refractivity contribution in [3.05, 3.63) is 23.4 Å². The number of thiophene rings is 1. The minimum absolute atomic E-state index is 0.694. The first-order valence-corrected chi connectivity index (χ1v) is 8.50. The first-order valence-electron chi connectivity index (χ1n) is 7.62. The minimum atomic E-state index is 0.694. The van der Waals surface area contributed by atoms with Crippen molar-refractivity contribution >= 4 is 11.3 Å². The number of aryl methyl sites for hydroxylation is 1. The standard InChI is InChI=1S/C15H22N4OS/c1-16-11-12-5-2-8-19(12)9-3-7-14-17-15(18-20-14)13-6-4-10-21-13/h4,6,10,12,16H,2-3,5,7-9,11H2,1H3. The fourth-order valence-electron chi connectivity index (χ4n) is 2.95. The topological polar surface area (TPSA) is 54.2 Å². The third kappa shape index (κ3) is 3.70. The van der Waals surface area contributed by atoms with Gasteiger partial charge in [0.25, 0.3) is 0 Å². The highest BCUT2D eigenvalue weighted by atomic mass is 32.1. The van der Waals surface area contributed by atoms with Gasteiger partial charge in [0, 0.05) is 19.0 Å². The summed E-state index contributed by atoms with van der Waals surface area (Å²) >= 11 is 1.64. The van der Waals surface area contributed by atoms with Crippen LogP contribution in [0.2, 0.25) is 0 Å². The lowest BCUT2D eigenvalue weighted by molar-refractivity contribution is 0.244. The molecule has 0 saturated carbocycles. The Bertz CT molecular complexity index is 540. The third-order valence-electron chi connectivity index (χ3n) is 3.98. The first kappa shape index (κ1) is 14.7. The molecule has 2 aromatic rings. The predicted molar refractivity (Wildman–Crippen MR) is 84.5 cm³/mol. The molecule has 114 valence electrons. The summed E-state index contributed by atoms with van der Waals surface area (Å²) in [6.45, 7) is 3.42. The average Bonchev–Trinajstić information content (AvgIpc) is 3.19. The summed E-state index contributed by atoms with van der Waals surface area (Å²) < 4.78 is 5.34. The summed E-state index contributed by atoms with van der Waals surface area (Å²) in [7, 11) is 2.03. The molecule has 3 rings (SSSR count). The summed E-state index contributed by atoms with van der Waals surface area (Å²) in [6.07, 6.45) is 4.56. The number of aromatic nitrogens is 2. The van der Waals surface area contributed by atoms with Crippen LogP contribution in [0.3, 0.4) is 0 Å². The van der Waals surface area contributed by atoms with Crippen molar-refractivity contribution in [2.75, 3.05) is 26.7 Å². The van der Waals surface area contributed by atoms with Gasteiger partial charge < -0.3 is 9.84 Å². The number of nitrogens with zero attached hydrogens (tertiary/aromatic N) is 3. The summed E-state index contributed by atoms with van der Waals surface area (Å²) in [5.74, 6) is 1.47. The highest BCUT2D eigenvalue weighted by Crippen LogP contribution is 2.22. The Morgan fingerprint density at radius 3 is 3.29 bits per heavy atom. The molecular weight excluding hydrogens is 284 g/mol. The van der Waals surface area contributed by atoms with E-state index in [1.54, 1.807) is 11.3 Å². The molecule has 1 fully saturated rings. The highest BCUT2D eigenvalue weighted by molar-refractivity contribution is 7.13. The molecule has 1 aliphatic rings. The van der Waals surface area contributed by atoms with Gasteiger partial charge in [0.15, 0.2) is 0 Å². The Labute approximate surface area is 129 Å². The van der Waals surface area contributed by atoms with E-state index in [1.807, 2.05) is 24.6 Å². The number of hydrogen-bond acceptors (Lipinski definition) is 6. The zero-order valence-corrected chi connectivity index (χ0v) is 13.2. The smallest absolute Gasteiger partial charge is 0.227 e. The van der Waals surface area contributed by atoms with Gasteiger partial charge >= 0.3 is 0 Å². The van der Waals surface area contributed by atoms with E-state index in [4.69, 9.17) is 4.52 Å². The molecule has 2 aromatic heterocycles. The van der Waals surface area contributed by atoms with Gasteiger partial charge in [0.1, 0.15) is 0 Å². The van der Waals surface area contributed by atoms with Crippen molar-refractivity contribution in [3.8, 4) is 10.7 Å². The van der Waals surface area contributed by atoms with E-state index >= 15 is 0 Å². The molecule has 0 aromatic carbocycles.